The normalized spacial score (nSPS) is 23.3. The van der Waals surface area contributed by atoms with Crippen LogP contribution in [0.4, 0.5) is 0 Å². The van der Waals surface area contributed by atoms with Crippen LogP contribution < -0.4 is 0 Å². The third-order valence-corrected chi connectivity index (χ3v) is 1.50. The fourth-order valence-electron chi connectivity index (χ4n) is 0.878. The van der Waals surface area contributed by atoms with Gasteiger partial charge in [0.15, 0.2) is 0 Å². The van der Waals surface area contributed by atoms with Crippen molar-refractivity contribution in [3.8, 4) is 0 Å². The lowest BCUT2D eigenvalue weighted by Gasteiger charge is -2.16. The fraction of sp³-hybridized carbons (Fsp3) is 0.429. The Morgan fingerprint density at radius 1 is 1.80 bits per heavy atom. The van der Waals surface area contributed by atoms with Crippen molar-refractivity contribution in [2.45, 2.75) is 13.0 Å². The van der Waals surface area contributed by atoms with Crippen LogP contribution in [-0.4, -0.2) is 17.6 Å². The first kappa shape index (κ1) is 6.99. The van der Waals surface area contributed by atoms with Gasteiger partial charge in [-0.2, -0.15) is 5.11 Å². The number of hydrogen-bond donors (Lipinski definition) is 0. The molecule has 0 aliphatic carbocycles. The highest BCUT2D eigenvalue weighted by molar-refractivity contribution is 5.06. The van der Waals surface area contributed by atoms with Crippen LogP contribution in [0.1, 0.15) is 6.92 Å². The van der Waals surface area contributed by atoms with E-state index in [0.29, 0.717) is 6.54 Å². The van der Waals surface area contributed by atoms with E-state index in [4.69, 9.17) is 0 Å². The summed E-state index contributed by atoms with van der Waals surface area (Å²) >= 11 is 0. The molecule has 54 valence electrons. The Morgan fingerprint density at radius 2 is 2.50 bits per heavy atom. The predicted molar refractivity (Wildman–Crippen MR) is 40.4 cm³/mol. The van der Waals surface area contributed by atoms with Gasteiger partial charge in [-0.05, 0) is 6.92 Å². The van der Waals surface area contributed by atoms with Crippen molar-refractivity contribution in [3.63, 3.8) is 0 Å². The van der Waals surface area contributed by atoms with Gasteiger partial charge in [-0.1, -0.05) is 24.0 Å². The first-order valence-corrected chi connectivity index (χ1v) is 3.19. The summed E-state index contributed by atoms with van der Waals surface area (Å²) in [5.74, 6) is 0. The topological polar surface area (TPSA) is 28.0 Å². The molecule has 1 aliphatic heterocycles. The van der Waals surface area contributed by atoms with E-state index in [1.54, 1.807) is 11.2 Å². The van der Waals surface area contributed by atoms with Crippen LogP contribution in [-0.2, 0) is 0 Å². The zero-order chi connectivity index (χ0) is 7.56. The second-order valence-corrected chi connectivity index (χ2v) is 2.34. The van der Waals surface area contributed by atoms with E-state index in [1.807, 2.05) is 6.92 Å². The van der Waals surface area contributed by atoms with E-state index in [9.17, 15) is 0 Å². The van der Waals surface area contributed by atoms with Gasteiger partial charge in [-0.25, -0.2) is 5.01 Å². The Bertz CT molecular complexity index is 183. The molecule has 1 rings (SSSR count). The van der Waals surface area contributed by atoms with Gasteiger partial charge in [0.1, 0.15) is 0 Å². The summed E-state index contributed by atoms with van der Waals surface area (Å²) in [5.41, 5.74) is 1.07. The lowest BCUT2D eigenvalue weighted by molar-refractivity contribution is 0.369. The molecule has 0 fully saturated rings. The quantitative estimate of drug-likeness (QED) is 0.533. The van der Waals surface area contributed by atoms with Gasteiger partial charge in [-0.3, -0.25) is 0 Å². The van der Waals surface area contributed by atoms with Gasteiger partial charge in [0, 0.05) is 6.20 Å². The Morgan fingerprint density at radius 3 is 2.90 bits per heavy atom. The van der Waals surface area contributed by atoms with E-state index < -0.39 is 0 Å². The maximum atomic E-state index is 3.86. The van der Waals surface area contributed by atoms with Gasteiger partial charge in [0.05, 0.1) is 12.6 Å². The highest BCUT2D eigenvalue weighted by Crippen LogP contribution is 2.15. The molecule has 0 radical (unpaired) electrons. The SMILES string of the molecule is C=CN1N=NCC1C(=C)C. The monoisotopic (exact) mass is 137 g/mol. The molecule has 3 nitrogen and oxygen atoms in total. The predicted octanol–water partition coefficient (Wildman–Crippen LogP) is 1.76. The average molecular weight is 137 g/mol. The smallest absolute Gasteiger partial charge is 0.0953 e. The van der Waals surface area contributed by atoms with Crippen molar-refractivity contribution >= 4 is 0 Å². The molecule has 1 atom stereocenters. The van der Waals surface area contributed by atoms with Crippen LogP contribution in [0, 0.1) is 0 Å². The minimum Gasteiger partial charge on any atom is -0.246 e. The minimum absolute atomic E-state index is 0.234. The molecule has 1 aliphatic rings. The third-order valence-electron chi connectivity index (χ3n) is 1.50. The van der Waals surface area contributed by atoms with Crippen LogP contribution in [0.25, 0.3) is 0 Å². The molecule has 0 spiro atoms. The summed E-state index contributed by atoms with van der Waals surface area (Å²) in [7, 11) is 0. The summed E-state index contributed by atoms with van der Waals surface area (Å²) in [6, 6.07) is 0.234. The summed E-state index contributed by atoms with van der Waals surface area (Å²) in [6.07, 6.45) is 1.66. The van der Waals surface area contributed by atoms with E-state index in [1.165, 1.54) is 0 Å². The van der Waals surface area contributed by atoms with Crippen molar-refractivity contribution in [3.05, 3.63) is 24.9 Å². The Balaban J connectivity index is 2.64. The summed E-state index contributed by atoms with van der Waals surface area (Å²) < 4.78 is 0. The molecule has 0 amide bonds. The van der Waals surface area contributed by atoms with E-state index in [2.05, 4.69) is 23.5 Å². The molecule has 3 heteroatoms. The zero-order valence-corrected chi connectivity index (χ0v) is 6.12. The van der Waals surface area contributed by atoms with Crippen molar-refractivity contribution in [1.82, 2.24) is 5.01 Å². The highest BCUT2D eigenvalue weighted by Gasteiger charge is 2.19. The molecule has 0 aromatic rings. The van der Waals surface area contributed by atoms with Crippen LogP contribution in [0.15, 0.2) is 35.3 Å². The molecule has 0 aromatic carbocycles. The lowest BCUT2D eigenvalue weighted by atomic mass is 10.1. The van der Waals surface area contributed by atoms with Gasteiger partial charge in [0.2, 0.25) is 0 Å². The number of nitrogens with zero attached hydrogens (tertiary/aromatic N) is 3. The summed E-state index contributed by atoms with van der Waals surface area (Å²) in [5, 5.41) is 9.42. The lowest BCUT2D eigenvalue weighted by Crippen LogP contribution is -2.24. The molecular formula is C7H11N3. The van der Waals surface area contributed by atoms with Crippen LogP contribution in [0.5, 0.6) is 0 Å². The molecule has 0 bridgehead atoms. The maximum Gasteiger partial charge on any atom is 0.0953 e. The maximum absolute atomic E-state index is 3.86. The average Bonchev–Trinajstić information content (AvgIpc) is 2.33. The Hall–Kier alpha value is -1.12. The second-order valence-electron chi connectivity index (χ2n) is 2.34. The second kappa shape index (κ2) is 2.64. The van der Waals surface area contributed by atoms with Crippen molar-refractivity contribution in [2.75, 3.05) is 6.54 Å². The molecule has 0 saturated carbocycles. The first-order valence-electron chi connectivity index (χ1n) is 3.19. The molecular weight excluding hydrogens is 126 g/mol. The largest absolute Gasteiger partial charge is 0.246 e. The van der Waals surface area contributed by atoms with Crippen molar-refractivity contribution in [2.24, 2.45) is 10.3 Å². The van der Waals surface area contributed by atoms with E-state index in [-0.39, 0.29) is 6.04 Å². The highest BCUT2D eigenvalue weighted by atomic mass is 15.6. The zero-order valence-electron chi connectivity index (χ0n) is 6.12. The molecule has 10 heavy (non-hydrogen) atoms. The summed E-state index contributed by atoms with van der Waals surface area (Å²) in [6.45, 7) is 10.1. The van der Waals surface area contributed by atoms with E-state index >= 15 is 0 Å². The van der Waals surface area contributed by atoms with Crippen molar-refractivity contribution < 1.29 is 0 Å². The van der Waals surface area contributed by atoms with Crippen LogP contribution in [0.2, 0.25) is 0 Å². The molecule has 1 unspecified atom stereocenters. The Labute approximate surface area is 60.7 Å². The van der Waals surface area contributed by atoms with Crippen molar-refractivity contribution in [1.29, 1.82) is 0 Å². The molecule has 0 saturated heterocycles. The number of hydrogen-bond acceptors (Lipinski definition) is 3. The van der Waals surface area contributed by atoms with Gasteiger partial charge in [-0.15, -0.1) is 0 Å². The van der Waals surface area contributed by atoms with Crippen LogP contribution in [0.3, 0.4) is 0 Å². The number of rotatable bonds is 2. The fourth-order valence-corrected chi connectivity index (χ4v) is 0.878. The Kier molecular flexibility index (Phi) is 1.85. The van der Waals surface area contributed by atoms with Gasteiger partial charge < -0.3 is 0 Å². The van der Waals surface area contributed by atoms with Crippen LogP contribution >= 0.6 is 0 Å². The minimum atomic E-state index is 0.234. The van der Waals surface area contributed by atoms with E-state index in [0.717, 1.165) is 5.57 Å². The first-order chi connectivity index (χ1) is 4.75. The van der Waals surface area contributed by atoms with Gasteiger partial charge in [0.25, 0.3) is 0 Å². The standard InChI is InChI=1S/C7H11N3/c1-4-10-7(6(2)3)5-8-9-10/h4,7H,1-2,5H2,3H3. The molecule has 0 N–H and O–H groups in total. The molecule has 0 aromatic heterocycles. The van der Waals surface area contributed by atoms with Gasteiger partial charge >= 0.3 is 0 Å². The third kappa shape index (κ3) is 1.07. The summed E-state index contributed by atoms with van der Waals surface area (Å²) in [4.78, 5) is 0. The molecule has 1 heterocycles.